The summed E-state index contributed by atoms with van der Waals surface area (Å²) in [4.78, 5) is 27.8. The molecule has 0 atom stereocenters. The number of rotatable bonds is 2. The summed E-state index contributed by atoms with van der Waals surface area (Å²) in [7, 11) is 0. The number of hydrogen-bond acceptors (Lipinski definition) is 2. The number of anilines is 1. The van der Waals surface area contributed by atoms with Gasteiger partial charge < -0.3 is 9.88 Å². The van der Waals surface area contributed by atoms with Crippen molar-refractivity contribution in [3.8, 4) is 11.1 Å². The first-order valence-electron chi connectivity index (χ1n) is 6.34. The van der Waals surface area contributed by atoms with Crippen LogP contribution in [0.15, 0.2) is 47.4 Å². The molecular formula is C15H14N2O2. The van der Waals surface area contributed by atoms with E-state index in [9.17, 15) is 9.59 Å². The fraction of sp³-hybridized carbons (Fsp3) is 0.200. The van der Waals surface area contributed by atoms with E-state index in [1.165, 1.54) is 0 Å². The Morgan fingerprint density at radius 2 is 1.89 bits per heavy atom. The van der Waals surface area contributed by atoms with Crippen LogP contribution in [0.2, 0.25) is 0 Å². The van der Waals surface area contributed by atoms with Crippen LogP contribution in [0, 0.1) is 0 Å². The minimum Gasteiger partial charge on any atom is -0.327 e. The topological polar surface area (TPSA) is 53.2 Å². The number of nitrogens with one attached hydrogen (secondary N) is 1. The zero-order valence-corrected chi connectivity index (χ0v) is 10.4. The summed E-state index contributed by atoms with van der Waals surface area (Å²) in [6, 6.07) is 11.2. The Kier molecular flexibility index (Phi) is 2.91. The summed E-state index contributed by atoms with van der Waals surface area (Å²) < 4.78 is 0. The van der Waals surface area contributed by atoms with Gasteiger partial charge in [0.25, 0.3) is 0 Å². The van der Waals surface area contributed by atoms with Crippen LogP contribution in [-0.2, 0) is 4.79 Å². The van der Waals surface area contributed by atoms with Crippen LogP contribution in [-0.4, -0.2) is 17.4 Å². The molecule has 4 heteroatoms. The monoisotopic (exact) mass is 254 g/mol. The lowest BCUT2D eigenvalue weighted by atomic mass is 10.0. The van der Waals surface area contributed by atoms with Crippen molar-refractivity contribution in [1.29, 1.82) is 0 Å². The molecule has 1 aliphatic rings. The van der Waals surface area contributed by atoms with E-state index in [0.717, 1.165) is 23.2 Å². The van der Waals surface area contributed by atoms with Gasteiger partial charge >= 0.3 is 0 Å². The highest BCUT2D eigenvalue weighted by molar-refractivity contribution is 5.99. The average molecular weight is 254 g/mol. The Bertz CT molecular complexity index is 661. The third kappa shape index (κ3) is 2.17. The highest BCUT2D eigenvalue weighted by Crippen LogP contribution is 2.31. The fourth-order valence-electron chi connectivity index (χ4n) is 2.44. The molecule has 4 nitrogen and oxygen atoms in total. The quantitative estimate of drug-likeness (QED) is 0.893. The molecule has 1 fully saturated rings. The van der Waals surface area contributed by atoms with E-state index in [4.69, 9.17) is 0 Å². The number of pyridine rings is 1. The molecule has 2 heterocycles. The third-order valence-corrected chi connectivity index (χ3v) is 3.35. The largest absolute Gasteiger partial charge is 0.327 e. The Labute approximate surface area is 110 Å². The standard InChI is InChI=1S/C15H14N2O2/c18-14-9-12(11-5-2-1-3-6-11)13(10-16-14)17-8-4-7-15(17)19/h1-3,5-6,9-10H,4,7-8H2,(H,16,18). The first-order chi connectivity index (χ1) is 9.25. The molecule has 0 aliphatic carbocycles. The number of amides is 1. The summed E-state index contributed by atoms with van der Waals surface area (Å²) in [6.07, 6.45) is 3.08. The Morgan fingerprint density at radius 3 is 2.58 bits per heavy atom. The fourth-order valence-corrected chi connectivity index (χ4v) is 2.44. The second-order valence-corrected chi connectivity index (χ2v) is 4.61. The molecular weight excluding hydrogens is 240 g/mol. The van der Waals surface area contributed by atoms with Crippen molar-refractivity contribution in [2.45, 2.75) is 12.8 Å². The van der Waals surface area contributed by atoms with Crippen molar-refractivity contribution in [3.05, 3.63) is 52.9 Å². The molecule has 0 bridgehead atoms. The molecule has 19 heavy (non-hydrogen) atoms. The predicted octanol–water partition coefficient (Wildman–Crippen LogP) is 2.17. The van der Waals surface area contributed by atoms with Gasteiger partial charge in [0.1, 0.15) is 0 Å². The van der Waals surface area contributed by atoms with Gasteiger partial charge in [-0.05, 0) is 12.0 Å². The number of benzene rings is 1. The van der Waals surface area contributed by atoms with Gasteiger partial charge in [-0.2, -0.15) is 0 Å². The van der Waals surface area contributed by atoms with Crippen molar-refractivity contribution in [2.75, 3.05) is 11.4 Å². The summed E-state index contributed by atoms with van der Waals surface area (Å²) in [5.74, 6) is 0.115. The highest BCUT2D eigenvalue weighted by Gasteiger charge is 2.24. The molecule has 1 aromatic heterocycles. The molecule has 1 N–H and O–H groups in total. The average Bonchev–Trinajstić information content (AvgIpc) is 2.86. The van der Waals surface area contributed by atoms with Crippen LogP contribution in [0.25, 0.3) is 11.1 Å². The lowest BCUT2D eigenvalue weighted by molar-refractivity contribution is -0.117. The van der Waals surface area contributed by atoms with Crippen LogP contribution >= 0.6 is 0 Å². The van der Waals surface area contributed by atoms with E-state index in [-0.39, 0.29) is 11.5 Å². The number of nitrogens with zero attached hydrogens (tertiary/aromatic N) is 1. The molecule has 1 saturated heterocycles. The van der Waals surface area contributed by atoms with Crippen LogP contribution in [0.1, 0.15) is 12.8 Å². The van der Waals surface area contributed by atoms with Crippen molar-refractivity contribution in [2.24, 2.45) is 0 Å². The number of hydrogen-bond donors (Lipinski definition) is 1. The van der Waals surface area contributed by atoms with Crippen molar-refractivity contribution >= 4 is 11.6 Å². The van der Waals surface area contributed by atoms with Crippen molar-refractivity contribution in [1.82, 2.24) is 4.98 Å². The van der Waals surface area contributed by atoms with Gasteiger partial charge in [0.2, 0.25) is 11.5 Å². The van der Waals surface area contributed by atoms with E-state index in [2.05, 4.69) is 4.98 Å². The number of H-pyrrole nitrogens is 1. The number of aromatic nitrogens is 1. The summed E-state index contributed by atoms with van der Waals surface area (Å²) in [6.45, 7) is 0.713. The smallest absolute Gasteiger partial charge is 0.248 e. The van der Waals surface area contributed by atoms with Gasteiger partial charge in [-0.25, -0.2) is 0 Å². The molecule has 0 spiro atoms. The van der Waals surface area contributed by atoms with Gasteiger partial charge in [0, 0.05) is 30.8 Å². The van der Waals surface area contributed by atoms with Crippen LogP contribution in [0.4, 0.5) is 5.69 Å². The molecule has 2 aromatic rings. The molecule has 1 aliphatic heterocycles. The molecule has 3 rings (SSSR count). The second kappa shape index (κ2) is 4.72. The van der Waals surface area contributed by atoms with Crippen LogP contribution < -0.4 is 10.5 Å². The number of carbonyl (C=O) groups excluding carboxylic acids is 1. The van der Waals surface area contributed by atoms with Gasteiger partial charge in [-0.3, -0.25) is 9.59 Å². The van der Waals surface area contributed by atoms with E-state index in [1.807, 2.05) is 30.3 Å². The maximum atomic E-state index is 11.9. The van der Waals surface area contributed by atoms with E-state index in [0.29, 0.717) is 13.0 Å². The number of carbonyl (C=O) groups is 1. The highest BCUT2D eigenvalue weighted by atomic mass is 16.2. The summed E-state index contributed by atoms with van der Waals surface area (Å²) in [5.41, 5.74) is 2.38. The molecule has 96 valence electrons. The third-order valence-electron chi connectivity index (χ3n) is 3.35. The van der Waals surface area contributed by atoms with Crippen LogP contribution in [0.5, 0.6) is 0 Å². The second-order valence-electron chi connectivity index (χ2n) is 4.61. The lowest BCUT2D eigenvalue weighted by Gasteiger charge is -2.19. The molecule has 0 saturated carbocycles. The zero-order valence-electron chi connectivity index (χ0n) is 10.4. The zero-order chi connectivity index (χ0) is 13.2. The van der Waals surface area contributed by atoms with Crippen LogP contribution in [0.3, 0.4) is 0 Å². The normalized spacial score (nSPS) is 14.9. The van der Waals surface area contributed by atoms with Gasteiger partial charge in [0.15, 0.2) is 0 Å². The minimum atomic E-state index is -0.158. The first-order valence-corrected chi connectivity index (χ1v) is 6.34. The first kappa shape index (κ1) is 11.7. The van der Waals surface area contributed by atoms with Gasteiger partial charge in [-0.15, -0.1) is 0 Å². The maximum Gasteiger partial charge on any atom is 0.248 e. The van der Waals surface area contributed by atoms with E-state index < -0.39 is 0 Å². The predicted molar refractivity (Wildman–Crippen MR) is 74.1 cm³/mol. The minimum absolute atomic E-state index is 0.115. The Hall–Kier alpha value is -2.36. The molecule has 0 unspecified atom stereocenters. The van der Waals surface area contributed by atoms with Gasteiger partial charge in [0.05, 0.1) is 5.69 Å². The van der Waals surface area contributed by atoms with Gasteiger partial charge in [-0.1, -0.05) is 30.3 Å². The Balaban J connectivity index is 2.15. The summed E-state index contributed by atoms with van der Waals surface area (Å²) >= 11 is 0. The summed E-state index contributed by atoms with van der Waals surface area (Å²) in [5, 5.41) is 0. The number of aromatic amines is 1. The van der Waals surface area contributed by atoms with E-state index in [1.54, 1.807) is 17.2 Å². The molecule has 0 radical (unpaired) electrons. The SMILES string of the molecule is O=C1CCCN1c1c[nH]c(=O)cc1-c1ccccc1. The van der Waals surface area contributed by atoms with E-state index >= 15 is 0 Å². The van der Waals surface area contributed by atoms with Crippen molar-refractivity contribution < 1.29 is 4.79 Å². The lowest BCUT2D eigenvalue weighted by Crippen LogP contribution is -2.25. The van der Waals surface area contributed by atoms with Crippen molar-refractivity contribution in [3.63, 3.8) is 0 Å². The molecule has 1 aromatic carbocycles. The molecule has 1 amide bonds. The Morgan fingerprint density at radius 1 is 1.11 bits per heavy atom. The maximum absolute atomic E-state index is 11.9.